The maximum atomic E-state index is 10.0. The smallest absolute Gasteiger partial charge is 0.119 e. The van der Waals surface area contributed by atoms with Crippen LogP contribution >= 0.6 is 0 Å². The van der Waals surface area contributed by atoms with Gasteiger partial charge in [-0.1, -0.05) is 43.9 Å². The van der Waals surface area contributed by atoms with Crippen LogP contribution in [0.15, 0.2) is 30.3 Å². The van der Waals surface area contributed by atoms with Gasteiger partial charge in [0.1, 0.15) is 18.5 Å². The molecule has 21 heavy (non-hydrogen) atoms. The second-order valence-corrected chi connectivity index (χ2v) is 6.23. The summed E-state index contributed by atoms with van der Waals surface area (Å²) >= 11 is 0. The average Bonchev–Trinajstić information content (AvgIpc) is 2.81. The number of rotatable bonds is 7. The van der Waals surface area contributed by atoms with Crippen LogP contribution in [-0.4, -0.2) is 30.4 Å². The minimum Gasteiger partial charge on any atom is -0.491 e. The lowest BCUT2D eigenvalue weighted by Gasteiger charge is -2.25. The molecular weight excluding hydrogens is 262 g/mol. The number of benzene rings is 1. The standard InChI is InChI=1S/C18H29NO2/c1-15(16-9-5-2-3-6-10-16)19-13-17(20)14-21-18-11-7-4-8-12-18/h4,7-8,11-12,15-17,19-20H,2-3,5-6,9-10,13-14H2,1H3/t15-,17?/m0/s1. The summed E-state index contributed by atoms with van der Waals surface area (Å²) in [4.78, 5) is 0. The zero-order valence-corrected chi connectivity index (χ0v) is 13.1. The van der Waals surface area contributed by atoms with Crippen molar-refractivity contribution in [1.82, 2.24) is 5.32 Å². The fourth-order valence-corrected chi connectivity index (χ4v) is 3.07. The molecule has 0 bridgehead atoms. The summed E-state index contributed by atoms with van der Waals surface area (Å²) < 4.78 is 5.58. The molecule has 0 aliphatic heterocycles. The van der Waals surface area contributed by atoms with Crippen molar-refractivity contribution in [2.75, 3.05) is 13.2 Å². The van der Waals surface area contributed by atoms with Crippen molar-refractivity contribution < 1.29 is 9.84 Å². The van der Waals surface area contributed by atoms with Gasteiger partial charge in [0.25, 0.3) is 0 Å². The summed E-state index contributed by atoms with van der Waals surface area (Å²) in [6.07, 6.45) is 7.67. The molecule has 2 rings (SSSR count). The van der Waals surface area contributed by atoms with Crippen molar-refractivity contribution in [3.05, 3.63) is 30.3 Å². The third-order valence-electron chi connectivity index (χ3n) is 4.47. The lowest BCUT2D eigenvalue weighted by molar-refractivity contribution is 0.101. The summed E-state index contributed by atoms with van der Waals surface area (Å²) in [7, 11) is 0. The molecule has 0 saturated heterocycles. The SMILES string of the molecule is C[C@H](NCC(O)COc1ccccc1)C1CCCCCC1. The Morgan fingerprint density at radius 3 is 2.48 bits per heavy atom. The van der Waals surface area contributed by atoms with E-state index in [0.29, 0.717) is 19.2 Å². The molecule has 0 heterocycles. The average molecular weight is 291 g/mol. The molecule has 3 heteroatoms. The van der Waals surface area contributed by atoms with Crippen LogP contribution in [0.2, 0.25) is 0 Å². The Hall–Kier alpha value is -1.06. The van der Waals surface area contributed by atoms with Gasteiger partial charge in [-0.3, -0.25) is 0 Å². The van der Waals surface area contributed by atoms with Crippen molar-refractivity contribution in [3.63, 3.8) is 0 Å². The van der Waals surface area contributed by atoms with Gasteiger partial charge in [-0.05, 0) is 37.8 Å². The van der Waals surface area contributed by atoms with Crippen LogP contribution in [0.3, 0.4) is 0 Å². The highest BCUT2D eigenvalue weighted by molar-refractivity contribution is 5.20. The summed E-state index contributed by atoms with van der Waals surface area (Å²) in [5, 5.41) is 13.5. The second-order valence-electron chi connectivity index (χ2n) is 6.23. The van der Waals surface area contributed by atoms with Crippen molar-refractivity contribution >= 4 is 0 Å². The predicted molar refractivity (Wildman–Crippen MR) is 86.6 cm³/mol. The number of hydrogen-bond acceptors (Lipinski definition) is 3. The third kappa shape index (κ3) is 6.06. The highest BCUT2D eigenvalue weighted by atomic mass is 16.5. The number of ether oxygens (including phenoxy) is 1. The molecular formula is C18H29NO2. The molecule has 1 saturated carbocycles. The van der Waals surface area contributed by atoms with Gasteiger partial charge in [-0.25, -0.2) is 0 Å². The van der Waals surface area contributed by atoms with Crippen LogP contribution in [0.1, 0.15) is 45.4 Å². The first kappa shape index (κ1) is 16.3. The molecule has 2 N–H and O–H groups in total. The first-order valence-electron chi connectivity index (χ1n) is 8.35. The maximum Gasteiger partial charge on any atom is 0.119 e. The second kappa shape index (κ2) is 9.06. The van der Waals surface area contributed by atoms with E-state index in [4.69, 9.17) is 4.74 Å². The first-order valence-corrected chi connectivity index (χ1v) is 8.35. The molecule has 1 aromatic carbocycles. The van der Waals surface area contributed by atoms with Crippen LogP contribution in [0.25, 0.3) is 0 Å². The lowest BCUT2D eigenvalue weighted by atomic mass is 9.93. The lowest BCUT2D eigenvalue weighted by Crippen LogP contribution is -2.40. The molecule has 0 amide bonds. The molecule has 2 atom stereocenters. The van der Waals surface area contributed by atoms with Crippen LogP contribution in [0.5, 0.6) is 5.75 Å². The number of aliphatic hydroxyl groups is 1. The number of aliphatic hydroxyl groups excluding tert-OH is 1. The topological polar surface area (TPSA) is 41.5 Å². The molecule has 0 radical (unpaired) electrons. The summed E-state index contributed by atoms with van der Waals surface area (Å²) in [5.41, 5.74) is 0. The molecule has 0 spiro atoms. The van der Waals surface area contributed by atoms with Crippen molar-refractivity contribution in [1.29, 1.82) is 0 Å². The number of nitrogens with one attached hydrogen (secondary N) is 1. The van der Waals surface area contributed by atoms with E-state index in [1.807, 2.05) is 30.3 Å². The quantitative estimate of drug-likeness (QED) is 0.757. The number of para-hydroxylation sites is 1. The third-order valence-corrected chi connectivity index (χ3v) is 4.47. The Balaban J connectivity index is 1.64. The first-order chi connectivity index (χ1) is 10.3. The monoisotopic (exact) mass is 291 g/mol. The van der Waals surface area contributed by atoms with Crippen molar-refractivity contribution in [2.24, 2.45) is 5.92 Å². The summed E-state index contributed by atoms with van der Waals surface area (Å²) in [6.45, 7) is 3.19. The summed E-state index contributed by atoms with van der Waals surface area (Å²) in [5.74, 6) is 1.57. The van der Waals surface area contributed by atoms with Crippen molar-refractivity contribution in [2.45, 2.75) is 57.6 Å². The van der Waals surface area contributed by atoms with Crippen LogP contribution < -0.4 is 10.1 Å². The molecule has 1 aliphatic rings. The Morgan fingerprint density at radius 2 is 1.81 bits per heavy atom. The van der Waals surface area contributed by atoms with E-state index in [2.05, 4.69) is 12.2 Å². The van der Waals surface area contributed by atoms with Crippen LogP contribution in [0, 0.1) is 5.92 Å². The molecule has 1 unspecified atom stereocenters. The minimum atomic E-state index is -0.460. The fourth-order valence-electron chi connectivity index (χ4n) is 3.07. The predicted octanol–water partition coefficient (Wildman–Crippen LogP) is 3.37. The molecule has 118 valence electrons. The molecule has 1 aromatic rings. The molecule has 3 nitrogen and oxygen atoms in total. The van der Waals surface area contributed by atoms with Crippen molar-refractivity contribution in [3.8, 4) is 5.75 Å². The minimum absolute atomic E-state index is 0.342. The van der Waals surface area contributed by atoms with E-state index in [1.54, 1.807) is 0 Å². The zero-order valence-electron chi connectivity index (χ0n) is 13.1. The van der Waals surface area contributed by atoms with Gasteiger partial charge in [0, 0.05) is 12.6 Å². The van der Waals surface area contributed by atoms with Crippen LogP contribution in [0.4, 0.5) is 0 Å². The highest BCUT2D eigenvalue weighted by Gasteiger charge is 2.19. The van der Waals surface area contributed by atoms with Crippen LogP contribution in [-0.2, 0) is 0 Å². The molecule has 0 aromatic heterocycles. The van der Waals surface area contributed by atoms with E-state index in [0.717, 1.165) is 11.7 Å². The molecule has 1 aliphatic carbocycles. The maximum absolute atomic E-state index is 10.0. The van der Waals surface area contributed by atoms with E-state index in [-0.39, 0.29) is 0 Å². The number of hydrogen-bond donors (Lipinski definition) is 2. The molecule has 1 fully saturated rings. The summed E-state index contributed by atoms with van der Waals surface area (Å²) in [6, 6.07) is 10.1. The van der Waals surface area contributed by atoms with Gasteiger partial charge in [-0.2, -0.15) is 0 Å². The van der Waals surface area contributed by atoms with Gasteiger partial charge < -0.3 is 15.2 Å². The Labute approximate surface area is 128 Å². The fraction of sp³-hybridized carbons (Fsp3) is 0.667. The Bertz CT molecular complexity index is 374. The van der Waals surface area contributed by atoms with Gasteiger partial charge >= 0.3 is 0 Å². The van der Waals surface area contributed by atoms with E-state index >= 15 is 0 Å². The highest BCUT2D eigenvalue weighted by Crippen LogP contribution is 2.25. The Morgan fingerprint density at radius 1 is 1.14 bits per heavy atom. The van der Waals surface area contributed by atoms with E-state index < -0.39 is 6.10 Å². The van der Waals surface area contributed by atoms with Gasteiger partial charge in [0.15, 0.2) is 0 Å². The largest absolute Gasteiger partial charge is 0.491 e. The van der Waals surface area contributed by atoms with Gasteiger partial charge in [-0.15, -0.1) is 0 Å². The van der Waals surface area contributed by atoms with E-state index in [1.165, 1.54) is 38.5 Å². The van der Waals surface area contributed by atoms with E-state index in [9.17, 15) is 5.11 Å². The van der Waals surface area contributed by atoms with Gasteiger partial charge in [0.05, 0.1) is 0 Å². The normalized spacial score (nSPS) is 19.7. The zero-order chi connectivity index (χ0) is 14.9. The Kier molecular flexibility index (Phi) is 7.04. The van der Waals surface area contributed by atoms with Gasteiger partial charge in [0.2, 0.25) is 0 Å².